The molecule has 0 radical (unpaired) electrons. The van der Waals surface area contributed by atoms with Crippen molar-refractivity contribution >= 4 is 17.8 Å². The fourth-order valence-electron chi connectivity index (χ4n) is 3.02. The number of benzene rings is 2. The largest absolute Gasteiger partial charge is 0.497 e. The van der Waals surface area contributed by atoms with E-state index in [2.05, 4.69) is 0 Å². The summed E-state index contributed by atoms with van der Waals surface area (Å²) in [7, 11) is 1.33. The molecule has 0 aromatic heterocycles. The summed E-state index contributed by atoms with van der Waals surface area (Å²) in [5.41, 5.74) is -2.98. The van der Waals surface area contributed by atoms with E-state index < -0.39 is 29.7 Å². The highest BCUT2D eigenvalue weighted by Crippen LogP contribution is 2.34. The molecule has 2 aromatic carbocycles. The highest BCUT2D eigenvalue weighted by molar-refractivity contribution is 6.10. The number of rotatable bonds is 6. The molecule has 1 fully saturated rings. The maximum absolute atomic E-state index is 13.9. The first-order chi connectivity index (χ1) is 14.2. The van der Waals surface area contributed by atoms with E-state index in [0.717, 1.165) is 5.56 Å². The summed E-state index contributed by atoms with van der Waals surface area (Å²) < 4.78 is 46.6. The van der Waals surface area contributed by atoms with Gasteiger partial charge in [-0.2, -0.15) is 13.2 Å². The normalized spacial score (nSPS) is 18.9. The maximum atomic E-state index is 13.9. The van der Waals surface area contributed by atoms with Crippen LogP contribution in [0.2, 0.25) is 0 Å². The summed E-state index contributed by atoms with van der Waals surface area (Å²) in [6.07, 6.45) is -5.10. The van der Waals surface area contributed by atoms with Gasteiger partial charge in [0, 0.05) is 12.1 Å². The van der Waals surface area contributed by atoms with Crippen molar-refractivity contribution in [1.82, 2.24) is 15.5 Å². The van der Waals surface area contributed by atoms with Crippen LogP contribution in [0.4, 0.5) is 18.0 Å². The molecule has 1 aliphatic rings. The third kappa shape index (κ3) is 3.93. The lowest BCUT2D eigenvalue weighted by Crippen LogP contribution is -2.69. The van der Waals surface area contributed by atoms with Gasteiger partial charge < -0.3 is 10.1 Å². The number of methoxy groups -OCH3 is 1. The van der Waals surface area contributed by atoms with E-state index in [9.17, 15) is 27.6 Å². The maximum Gasteiger partial charge on any atom is 0.440 e. The van der Waals surface area contributed by atoms with Gasteiger partial charge in [-0.15, -0.1) is 0 Å². The zero-order chi connectivity index (χ0) is 21.9. The highest BCUT2D eigenvalue weighted by atomic mass is 19.4. The molecule has 0 saturated carbocycles. The Labute approximate surface area is 169 Å². The second-order valence-corrected chi connectivity index (χ2v) is 6.56. The molecule has 0 spiro atoms. The molecule has 10 heteroatoms. The van der Waals surface area contributed by atoms with Crippen molar-refractivity contribution in [3.8, 4) is 5.75 Å². The predicted molar refractivity (Wildman–Crippen MR) is 99.6 cm³/mol. The van der Waals surface area contributed by atoms with E-state index in [1.807, 2.05) is 0 Å². The molecule has 1 atom stereocenters. The monoisotopic (exact) mass is 421 g/mol. The predicted octanol–water partition coefficient (Wildman–Crippen LogP) is 2.48. The van der Waals surface area contributed by atoms with Crippen LogP contribution in [0.5, 0.6) is 5.75 Å². The van der Waals surface area contributed by atoms with Crippen LogP contribution in [-0.4, -0.2) is 48.2 Å². The molecule has 4 amide bonds. The van der Waals surface area contributed by atoms with E-state index >= 15 is 0 Å². The molecule has 0 unspecified atom stereocenters. The summed E-state index contributed by atoms with van der Waals surface area (Å²) in [5.74, 6) is -2.54. The topological polar surface area (TPSA) is 87.7 Å². The number of alkyl halides is 3. The van der Waals surface area contributed by atoms with E-state index in [1.165, 1.54) is 31.4 Å². The molecule has 1 aliphatic heterocycles. The van der Waals surface area contributed by atoms with Crippen LogP contribution in [0.3, 0.4) is 0 Å². The molecular formula is C20H18F3N3O4. The van der Waals surface area contributed by atoms with Crippen LogP contribution in [0, 0.1) is 0 Å². The Bertz CT molecular complexity index is 965. The van der Waals surface area contributed by atoms with Gasteiger partial charge in [0.25, 0.3) is 17.5 Å². The van der Waals surface area contributed by atoms with Crippen LogP contribution in [-0.2, 0) is 11.2 Å². The van der Waals surface area contributed by atoms with Crippen molar-refractivity contribution < 1.29 is 32.3 Å². The van der Waals surface area contributed by atoms with Crippen molar-refractivity contribution in [1.29, 1.82) is 0 Å². The molecule has 7 nitrogen and oxygen atoms in total. The Morgan fingerprint density at radius 3 is 2.47 bits per heavy atom. The van der Waals surface area contributed by atoms with Gasteiger partial charge in [-0.25, -0.2) is 4.79 Å². The fourth-order valence-corrected chi connectivity index (χ4v) is 3.02. The van der Waals surface area contributed by atoms with Gasteiger partial charge >= 0.3 is 12.2 Å². The van der Waals surface area contributed by atoms with Crippen LogP contribution in [0.15, 0.2) is 54.6 Å². The van der Waals surface area contributed by atoms with E-state index in [-0.39, 0.29) is 24.3 Å². The quantitative estimate of drug-likeness (QED) is 0.702. The second kappa shape index (κ2) is 8.05. The Morgan fingerprint density at radius 1 is 1.13 bits per heavy atom. The number of carbonyl (C=O) groups is 3. The molecule has 0 aliphatic carbocycles. The molecular weight excluding hydrogens is 403 g/mol. The smallest absolute Gasteiger partial charge is 0.440 e. The summed E-state index contributed by atoms with van der Waals surface area (Å²) >= 11 is 0. The minimum absolute atomic E-state index is 0.164. The first-order valence-electron chi connectivity index (χ1n) is 8.89. The lowest BCUT2D eigenvalue weighted by atomic mass is 10.1. The summed E-state index contributed by atoms with van der Waals surface area (Å²) in [4.78, 5) is 37.8. The van der Waals surface area contributed by atoms with Crippen LogP contribution in [0.1, 0.15) is 15.9 Å². The van der Waals surface area contributed by atoms with Crippen LogP contribution in [0.25, 0.3) is 0 Å². The number of amides is 4. The Morgan fingerprint density at radius 2 is 1.83 bits per heavy atom. The summed E-state index contributed by atoms with van der Waals surface area (Å²) in [5, 5.41) is 3.29. The van der Waals surface area contributed by atoms with Crippen molar-refractivity contribution in [2.75, 3.05) is 13.7 Å². The van der Waals surface area contributed by atoms with E-state index in [4.69, 9.17) is 4.74 Å². The first-order valence-corrected chi connectivity index (χ1v) is 8.89. The number of nitrogens with one attached hydrogen (secondary N) is 2. The van der Waals surface area contributed by atoms with Gasteiger partial charge in [0.1, 0.15) is 5.75 Å². The average molecular weight is 421 g/mol. The molecule has 1 heterocycles. The van der Waals surface area contributed by atoms with Gasteiger partial charge in [0.2, 0.25) is 0 Å². The average Bonchev–Trinajstić information content (AvgIpc) is 2.97. The first kappa shape index (κ1) is 21.2. The molecule has 0 bridgehead atoms. The van der Waals surface area contributed by atoms with E-state index in [1.54, 1.807) is 41.0 Å². The number of halogens is 3. The standard InChI is InChI=1S/C20H18F3N3O4/c1-30-15-9-5-8-14(12-15)16(27)24-19(20(21,22)23)17(28)26(18(29)25-19)11-10-13-6-3-2-4-7-13/h2-9,12H,10-11H2,1H3,(H,24,27)(H,25,29)/t19-/m1/s1. The van der Waals surface area contributed by atoms with Gasteiger partial charge in [0.05, 0.1) is 7.11 Å². The fraction of sp³-hybridized carbons (Fsp3) is 0.250. The van der Waals surface area contributed by atoms with Crippen molar-refractivity contribution in [3.05, 3.63) is 65.7 Å². The molecule has 3 rings (SSSR count). The van der Waals surface area contributed by atoms with Gasteiger partial charge in [-0.3, -0.25) is 19.8 Å². The number of imide groups is 1. The Hall–Kier alpha value is -3.56. The molecule has 158 valence electrons. The number of hydrogen-bond donors (Lipinski definition) is 2. The Kier molecular flexibility index (Phi) is 5.68. The zero-order valence-electron chi connectivity index (χ0n) is 15.8. The molecule has 2 N–H and O–H groups in total. The van der Waals surface area contributed by atoms with E-state index in [0.29, 0.717) is 4.90 Å². The van der Waals surface area contributed by atoms with Gasteiger partial charge in [-0.1, -0.05) is 36.4 Å². The van der Waals surface area contributed by atoms with Crippen molar-refractivity contribution in [2.45, 2.75) is 18.3 Å². The Balaban J connectivity index is 1.85. The lowest BCUT2D eigenvalue weighted by Gasteiger charge is -2.30. The number of urea groups is 1. The van der Waals surface area contributed by atoms with Gasteiger partial charge in [-0.05, 0) is 30.2 Å². The second-order valence-electron chi connectivity index (χ2n) is 6.56. The number of carbonyl (C=O) groups excluding carboxylic acids is 3. The number of ether oxygens (including phenoxy) is 1. The van der Waals surface area contributed by atoms with Crippen LogP contribution >= 0.6 is 0 Å². The molecule has 2 aromatic rings. The minimum atomic E-state index is -5.27. The number of hydrogen-bond acceptors (Lipinski definition) is 4. The summed E-state index contributed by atoms with van der Waals surface area (Å²) in [6, 6.07) is 12.8. The lowest BCUT2D eigenvalue weighted by molar-refractivity contribution is -0.200. The van der Waals surface area contributed by atoms with Gasteiger partial charge in [0.15, 0.2) is 0 Å². The third-order valence-corrected chi connectivity index (χ3v) is 4.63. The molecule has 30 heavy (non-hydrogen) atoms. The zero-order valence-corrected chi connectivity index (χ0v) is 15.8. The molecule has 1 saturated heterocycles. The highest BCUT2D eigenvalue weighted by Gasteiger charge is 2.68. The SMILES string of the molecule is COc1cccc(C(=O)N[C@@]2(C(F)(F)F)NC(=O)N(CCc3ccccc3)C2=O)c1. The third-order valence-electron chi connectivity index (χ3n) is 4.63. The number of nitrogens with zero attached hydrogens (tertiary/aromatic N) is 1. The minimum Gasteiger partial charge on any atom is -0.497 e. The van der Waals surface area contributed by atoms with Crippen molar-refractivity contribution in [2.24, 2.45) is 0 Å². The summed E-state index contributed by atoms with van der Waals surface area (Å²) in [6.45, 7) is -0.276. The van der Waals surface area contributed by atoms with Crippen molar-refractivity contribution in [3.63, 3.8) is 0 Å². The van der Waals surface area contributed by atoms with Crippen LogP contribution < -0.4 is 15.4 Å².